The second-order valence-corrected chi connectivity index (χ2v) is 5.24. The number of aliphatic carboxylic acids is 1. The summed E-state index contributed by atoms with van der Waals surface area (Å²) in [7, 11) is 1.75. The van der Waals surface area contributed by atoms with Gasteiger partial charge in [-0.25, -0.2) is 9.78 Å². The van der Waals surface area contributed by atoms with Crippen molar-refractivity contribution in [1.82, 2.24) is 19.7 Å². The lowest BCUT2D eigenvalue weighted by Crippen LogP contribution is -2.52. The summed E-state index contributed by atoms with van der Waals surface area (Å²) < 4.78 is 6.76. The molecule has 1 aliphatic heterocycles. The van der Waals surface area contributed by atoms with Crippen molar-refractivity contribution in [2.24, 2.45) is 7.05 Å². The van der Waals surface area contributed by atoms with Gasteiger partial charge in [0.25, 0.3) is 5.91 Å². The van der Waals surface area contributed by atoms with Crippen LogP contribution >= 0.6 is 0 Å². The van der Waals surface area contributed by atoms with Crippen LogP contribution in [-0.4, -0.2) is 62.4 Å². The number of fused-ring (bicyclic) bond motifs is 1. The number of hydrogen-bond donors (Lipinski definition) is 1. The SMILES string of the molecule is Cc1cc(C(=O)N2CCOCC2C(=O)O)c2cnn(C)c2n1. The number of ether oxygens (including phenoxy) is 1. The number of aryl methyl sites for hydroxylation is 2. The average molecular weight is 304 g/mol. The molecule has 22 heavy (non-hydrogen) atoms. The molecule has 1 fully saturated rings. The minimum Gasteiger partial charge on any atom is -0.480 e. The van der Waals surface area contributed by atoms with Crippen LogP contribution in [0.4, 0.5) is 0 Å². The molecular formula is C14H16N4O4. The van der Waals surface area contributed by atoms with E-state index in [0.717, 1.165) is 0 Å². The molecule has 0 saturated carbocycles. The molecule has 0 aliphatic carbocycles. The lowest BCUT2D eigenvalue weighted by molar-refractivity contribution is -0.147. The Morgan fingerprint density at radius 3 is 2.95 bits per heavy atom. The maximum atomic E-state index is 12.8. The van der Waals surface area contributed by atoms with Gasteiger partial charge in [-0.3, -0.25) is 9.48 Å². The number of rotatable bonds is 2. The maximum absolute atomic E-state index is 12.8. The van der Waals surface area contributed by atoms with Gasteiger partial charge >= 0.3 is 5.97 Å². The highest BCUT2D eigenvalue weighted by atomic mass is 16.5. The number of carbonyl (C=O) groups is 2. The van der Waals surface area contributed by atoms with Crippen LogP contribution in [0.3, 0.4) is 0 Å². The molecule has 0 aromatic carbocycles. The van der Waals surface area contributed by atoms with Crippen LogP contribution in [0.5, 0.6) is 0 Å². The first-order chi connectivity index (χ1) is 10.5. The van der Waals surface area contributed by atoms with Crippen molar-refractivity contribution in [3.63, 3.8) is 0 Å². The standard InChI is InChI=1S/C14H16N4O4/c1-8-5-9(10-6-15-17(2)12(10)16-8)13(19)18-3-4-22-7-11(18)14(20)21/h5-6,11H,3-4,7H2,1-2H3,(H,20,21). The highest BCUT2D eigenvalue weighted by molar-refractivity contribution is 6.06. The number of nitrogens with zero attached hydrogens (tertiary/aromatic N) is 4. The molecular weight excluding hydrogens is 288 g/mol. The molecule has 1 atom stereocenters. The van der Waals surface area contributed by atoms with E-state index < -0.39 is 12.0 Å². The highest BCUT2D eigenvalue weighted by Crippen LogP contribution is 2.21. The fourth-order valence-corrected chi connectivity index (χ4v) is 2.62. The summed E-state index contributed by atoms with van der Waals surface area (Å²) >= 11 is 0. The van der Waals surface area contributed by atoms with Gasteiger partial charge in [-0.1, -0.05) is 0 Å². The molecule has 3 heterocycles. The summed E-state index contributed by atoms with van der Waals surface area (Å²) in [6.07, 6.45) is 1.57. The van der Waals surface area contributed by atoms with Crippen molar-refractivity contribution in [2.75, 3.05) is 19.8 Å². The number of pyridine rings is 1. The maximum Gasteiger partial charge on any atom is 0.328 e. The Balaban J connectivity index is 2.06. The van der Waals surface area contributed by atoms with Crippen LogP contribution in [0.25, 0.3) is 11.0 Å². The Hall–Kier alpha value is -2.48. The topological polar surface area (TPSA) is 97.5 Å². The smallest absolute Gasteiger partial charge is 0.328 e. The lowest BCUT2D eigenvalue weighted by atomic mass is 10.1. The molecule has 1 amide bonds. The molecule has 116 valence electrons. The van der Waals surface area contributed by atoms with E-state index in [4.69, 9.17) is 4.74 Å². The molecule has 1 aliphatic rings. The van der Waals surface area contributed by atoms with Gasteiger partial charge < -0.3 is 14.7 Å². The first-order valence-corrected chi connectivity index (χ1v) is 6.90. The second kappa shape index (κ2) is 5.38. The number of morpholine rings is 1. The predicted octanol–water partition coefficient (Wildman–Crippen LogP) is 0.202. The van der Waals surface area contributed by atoms with Gasteiger partial charge in [-0.05, 0) is 13.0 Å². The third-order valence-electron chi connectivity index (χ3n) is 3.74. The fraction of sp³-hybridized carbons (Fsp3) is 0.429. The molecule has 0 bridgehead atoms. The monoisotopic (exact) mass is 304 g/mol. The summed E-state index contributed by atoms with van der Waals surface area (Å²) in [5.74, 6) is -1.40. The van der Waals surface area contributed by atoms with E-state index in [2.05, 4.69) is 10.1 Å². The molecule has 1 unspecified atom stereocenters. The van der Waals surface area contributed by atoms with E-state index in [-0.39, 0.29) is 19.1 Å². The minimum atomic E-state index is -1.07. The van der Waals surface area contributed by atoms with E-state index in [1.165, 1.54) is 4.90 Å². The van der Waals surface area contributed by atoms with Gasteiger partial charge in [0.15, 0.2) is 11.7 Å². The summed E-state index contributed by atoms with van der Waals surface area (Å²) in [6.45, 7) is 2.37. The van der Waals surface area contributed by atoms with Crippen LogP contribution in [0.2, 0.25) is 0 Å². The van der Waals surface area contributed by atoms with Gasteiger partial charge in [-0.15, -0.1) is 0 Å². The predicted molar refractivity (Wildman–Crippen MR) is 76.5 cm³/mol. The van der Waals surface area contributed by atoms with Crippen LogP contribution in [0.1, 0.15) is 16.1 Å². The number of hydrogen-bond acceptors (Lipinski definition) is 5. The number of aromatic nitrogens is 3. The van der Waals surface area contributed by atoms with Crippen molar-refractivity contribution in [2.45, 2.75) is 13.0 Å². The summed E-state index contributed by atoms with van der Waals surface area (Å²) in [5, 5.41) is 14.0. The van der Waals surface area contributed by atoms with E-state index in [1.54, 1.807) is 30.9 Å². The van der Waals surface area contributed by atoms with Gasteiger partial charge in [0.1, 0.15) is 0 Å². The molecule has 3 rings (SSSR count). The van der Waals surface area contributed by atoms with E-state index in [9.17, 15) is 14.7 Å². The van der Waals surface area contributed by atoms with Crippen molar-refractivity contribution in [1.29, 1.82) is 0 Å². The van der Waals surface area contributed by atoms with E-state index >= 15 is 0 Å². The first-order valence-electron chi connectivity index (χ1n) is 6.90. The zero-order valence-electron chi connectivity index (χ0n) is 12.3. The van der Waals surface area contributed by atoms with E-state index in [0.29, 0.717) is 28.9 Å². The van der Waals surface area contributed by atoms with Crippen LogP contribution in [-0.2, 0) is 16.6 Å². The quantitative estimate of drug-likeness (QED) is 0.851. The average Bonchev–Trinajstić information content (AvgIpc) is 2.87. The number of carboxylic acid groups (broad SMARTS) is 1. The largest absolute Gasteiger partial charge is 0.480 e. The number of carboxylic acids is 1. The molecule has 0 spiro atoms. The third-order valence-corrected chi connectivity index (χ3v) is 3.74. The van der Waals surface area contributed by atoms with Crippen molar-refractivity contribution >= 4 is 22.9 Å². The Morgan fingerprint density at radius 2 is 2.23 bits per heavy atom. The first kappa shape index (κ1) is 14.5. The Bertz CT molecular complexity index is 755. The van der Waals surface area contributed by atoms with Gasteiger partial charge in [0.05, 0.1) is 30.4 Å². The van der Waals surface area contributed by atoms with Crippen molar-refractivity contribution in [3.05, 3.63) is 23.5 Å². The molecule has 0 radical (unpaired) electrons. The van der Waals surface area contributed by atoms with Gasteiger partial charge in [0, 0.05) is 19.3 Å². The molecule has 8 nitrogen and oxygen atoms in total. The van der Waals surface area contributed by atoms with Crippen LogP contribution in [0, 0.1) is 6.92 Å². The summed E-state index contributed by atoms with van der Waals surface area (Å²) in [4.78, 5) is 29.9. The zero-order valence-corrected chi connectivity index (χ0v) is 12.3. The van der Waals surface area contributed by atoms with Crippen molar-refractivity contribution in [3.8, 4) is 0 Å². The Labute approximate surface area is 126 Å². The fourth-order valence-electron chi connectivity index (χ4n) is 2.62. The zero-order chi connectivity index (χ0) is 15.9. The van der Waals surface area contributed by atoms with Crippen LogP contribution < -0.4 is 0 Å². The van der Waals surface area contributed by atoms with Gasteiger partial charge in [0.2, 0.25) is 0 Å². The lowest BCUT2D eigenvalue weighted by Gasteiger charge is -2.33. The minimum absolute atomic E-state index is 0.00131. The Morgan fingerprint density at radius 1 is 1.45 bits per heavy atom. The Kier molecular flexibility index (Phi) is 3.53. The third kappa shape index (κ3) is 2.31. The van der Waals surface area contributed by atoms with E-state index in [1.807, 2.05) is 0 Å². The highest BCUT2D eigenvalue weighted by Gasteiger charge is 2.34. The van der Waals surface area contributed by atoms with Crippen molar-refractivity contribution < 1.29 is 19.4 Å². The van der Waals surface area contributed by atoms with Crippen LogP contribution in [0.15, 0.2) is 12.3 Å². The molecule has 1 N–H and O–H groups in total. The molecule has 2 aromatic heterocycles. The number of amides is 1. The summed E-state index contributed by atoms with van der Waals surface area (Å²) in [5.41, 5.74) is 1.70. The molecule has 1 saturated heterocycles. The number of carbonyl (C=O) groups excluding carboxylic acids is 1. The second-order valence-electron chi connectivity index (χ2n) is 5.24. The normalized spacial score (nSPS) is 18.6. The molecule has 8 heteroatoms. The summed E-state index contributed by atoms with van der Waals surface area (Å²) in [6, 6.07) is 0.696. The van der Waals surface area contributed by atoms with Gasteiger partial charge in [-0.2, -0.15) is 5.10 Å². The molecule has 2 aromatic rings.